The highest BCUT2D eigenvalue weighted by Gasteiger charge is 2.33. The summed E-state index contributed by atoms with van der Waals surface area (Å²) >= 11 is 3.34. The van der Waals surface area contributed by atoms with E-state index in [0.717, 1.165) is 28.6 Å². The topological polar surface area (TPSA) is 57.6 Å². The van der Waals surface area contributed by atoms with Crippen LogP contribution >= 0.6 is 33.9 Å². The van der Waals surface area contributed by atoms with Crippen molar-refractivity contribution in [3.8, 4) is 0 Å². The van der Waals surface area contributed by atoms with E-state index < -0.39 is 5.97 Å². The second kappa shape index (κ2) is 7.29. The van der Waals surface area contributed by atoms with Crippen LogP contribution in [0.5, 0.6) is 0 Å². The Morgan fingerprint density at radius 2 is 1.91 bits per heavy atom. The molecule has 1 heterocycles. The third kappa shape index (κ3) is 3.82. The van der Waals surface area contributed by atoms with Gasteiger partial charge in [-0.25, -0.2) is 4.79 Å². The summed E-state index contributed by atoms with van der Waals surface area (Å²) in [5, 5.41) is 9.41. The molecule has 0 saturated heterocycles. The molecule has 1 aromatic rings. The summed E-state index contributed by atoms with van der Waals surface area (Å²) in [6, 6.07) is 1.77. The average Bonchev–Trinajstić information content (AvgIpc) is 2.81. The number of anilines is 1. The molecule has 1 N–H and O–H groups in total. The molecular weight excluding hydrogens is 413 g/mol. The van der Waals surface area contributed by atoms with Crippen molar-refractivity contribution < 1.29 is 14.7 Å². The molecule has 0 aliphatic heterocycles. The van der Waals surface area contributed by atoms with E-state index in [1.807, 2.05) is 19.9 Å². The molecule has 122 valence electrons. The number of nitrogens with zero attached hydrogens (tertiary/aromatic N) is 1. The van der Waals surface area contributed by atoms with Crippen molar-refractivity contribution in [3.63, 3.8) is 0 Å². The van der Waals surface area contributed by atoms with Crippen LogP contribution in [-0.2, 0) is 4.79 Å². The fourth-order valence-corrected chi connectivity index (χ4v) is 4.71. The number of carbonyl (C=O) groups excluding carboxylic acids is 1. The highest BCUT2D eigenvalue weighted by Crippen LogP contribution is 2.36. The first-order valence-electron chi connectivity index (χ1n) is 7.67. The van der Waals surface area contributed by atoms with Crippen LogP contribution in [0.2, 0.25) is 0 Å². The van der Waals surface area contributed by atoms with Gasteiger partial charge < -0.3 is 10.0 Å². The van der Waals surface area contributed by atoms with Gasteiger partial charge in [0.05, 0.1) is 8.57 Å². The number of aromatic carboxylic acids is 1. The van der Waals surface area contributed by atoms with Gasteiger partial charge in [0.15, 0.2) is 0 Å². The summed E-state index contributed by atoms with van der Waals surface area (Å²) in [4.78, 5) is 26.4. The zero-order chi connectivity index (χ0) is 16.4. The highest BCUT2D eigenvalue weighted by molar-refractivity contribution is 14.1. The average molecular weight is 435 g/mol. The highest BCUT2D eigenvalue weighted by atomic mass is 127. The fraction of sp³-hybridized carbons (Fsp3) is 0.625. The van der Waals surface area contributed by atoms with Crippen molar-refractivity contribution in [2.75, 3.05) is 4.90 Å². The third-order valence-corrected chi connectivity index (χ3v) is 6.13. The maximum atomic E-state index is 13.0. The minimum atomic E-state index is -0.960. The molecule has 1 saturated carbocycles. The largest absolute Gasteiger partial charge is 0.477 e. The molecular formula is C16H22INO3S. The van der Waals surface area contributed by atoms with E-state index in [1.165, 1.54) is 11.3 Å². The number of carboxylic acid groups (broad SMARTS) is 1. The summed E-state index contributed by atoms with van der Waals surface area (Å²) < 4.78 is 0.890. The summed E-state index contributed by atoms with van der Waals surface area (Å²) in [6.45, 7) is 6.11. The number of carboxylic acids is 1. The van der Waals surface area contributed by atoms with Crippen LogP contribution in [0.3, 0.4) is 0 Å². The Bertz CT molecular complexity index is 562. The first kappa shape index (κ1) is 17.7. The number of rotatable bonds is 4. The molecule has 0 spiro atoms. The molecule has 0 bridgehead atoms. The van der Waals surface area contributed by atoms with Crippen molar-refractivity contribution >= 4 is 51.5 Å². The number of amides is 1. The second-order valence-electron chi connectivity index (χ2n) is 6.33. The lowest BCUT2D eigenvalue weighted by Crippen LogP contribution is -2.42. The zero-order valence-corrected chi connectivity index (χ0v) is 16.1. The van der Waals surface area contributed by atoms with Crippen LogP contribution in [-0.4, -0.2) is 23.0 Å². The van der Waals surface area contributed by atoms with Crippen LogP contribution in [0.25, 0.3) is 0 Å². The van der Waals surface area contributed by atoms with E-state index in [2.05, 4.69) is 29.5 Å². The van der Waals surface area contributed by atoms with Crippen LogP contribution < -0.4 is 4.90 Å². The molecule has 1 aliphatic rings. The number of hydrogen-bond acceptors (Lipinski definition) is 3. The normalized spacial score (nSPS) is 21.9. The smallest absolute Gasteiger partial charge is 0.348 e. The van der Waals surface area contributed by atoms with Crippen molar-refractivity contribution in [2.45, 2.75) is 52.5 Å². The Morgan fingerprint density at radius 1 is 1.32 bits per heavy atom. The van der Waals surface area contributed by atoms with E-state index in [-0.39, 0.29) is 22.7 Å². The quantitative estimate of drug-likeness (QED) is 0.703. The van der Waals surface area contributed by atoms with Crippen molar-refractivity contribution in [1.29, 1.82) is 0 Å². The first-order valence-corrected chi connectivity index (χ1v) is 9.56. The number of carbonyl (C=O) groups is 2. The van der Waals surface area contributed by atoms with E-state index in [9.17, 15) is 14.7 Å². The maximum Gasteiger partial charge on any atom is 0.348 e. The molecule has 1 aromatic heterocycles. The van der Waals surface area contributed by atoms with Crippen molar-refractivity contribution in [1.82, 2.24) is 0 Å². The Labute approximate surface area is 149 Å². The molecule has 22 heavy (non-hydrogen) atoms. The predicted octanol–water partition coefficient (Wildman–Crippen LogP) is 4.62. The predicted molar refractivity (Wildman–Crippen MR) is 97.7 cm³/mol. The van der Waals surface area contributed by atoms with Gasteiger partial charge in [-0.3, -0.25) is 4.79 Å². The van der Waals surface area contributed by atoms with Gasteiger partial charge in [-0.2, -0.15) is 0 Å². The first-order chi connectivity index (χ1) is 10.3. The summed E-state index contributed by atoms with van der Waals surface area (Å²) in [7, 11) is 0. The van der Waals surface area contributed by atoms with E-state index in [4.69, 9.17) is 0 Å². The lowest BCUT2D eigenvalue weighted by molar-refractivity contribution is -0.123. The summed E-state index contributed by atoms with van der Waals surface area (Å²) in [6.07, 6.45) is 3.98. The Balaban J connectivity index is 2.30. The van der Waals surface area contributed by atoms with Gasteiger partial charge in [0, 0.05) is 12.0 Å². The van der Waals surface area contributed by atoms with Gasteiger partial charge >= 0.3 is 5.97 Å². The number of hydrogen-bond donors (Lipinski definition) is 1. The molecule has 4 nitrogen and oxygen atoms in total. The lowest BCUT2D eigenvalue weighted by atomic mass is 9.82. The summed E-state index contributed by atoms with van der Waals surface area (Å²) in [5.74, 6) is -0.164. The van der Waals surface area contributed by atoms with E-state index in [0.29, 0.717) is 11.6 Å². The van der Waals surface area contributed by atoms with E-state index >= 15 is 0 Å². The SMILES string of the molecule is CC(C)N(c1cc(I)sc1C(=O)O)C(=O)[C@H]1CC[C@H](C)CC1. The van der Waals surface area contributed by atoms with Gasteiger partial charge in [-0.05, 0) is 74.1 Å². The Kier molecular flexibility index (Phi) is 5.87. The van der Waals surface area contributed by atoms with E-state index in [1.54, 1.807) is 4.90 Å². The number of halogens is 1. The Hall–Kier alpha value is -0.630. The molecule has 0 aromatic carbocycles. The molecule has 1 fully saturated rings. The van der Waals surface area contributed by atoms with Gasteiger partial charge in [-0.15, -0.1) is 11.3 Å². The maximum absolute atomic E-state index is 13.0. The molecule has 0 radical (unpaired) electrons. The lowest BCUT2D eigenvalue weighted by Gasteiger charge is -2.33. The number of thiophene rings is 1. The van der Waals surface area contributed by atoms with Crippen LogP contribution in [0.4, 0.5) is 5.69 Å². The molecule has 1 amide bonds. The zero-order valence-electron chi connectivity index (χ0n) is 13.1. The monoisotopic (exact) mass is 435 g/mol. The molecule has 6 heteroatoms. The summed E-state index contributed by atoms with van der Waals surface area (Å²) in [5.41, 5.74) is 0.556. The van der Waals surface area contributed by atoms with Crippen molar-refractivity contribution in [2.24, 2.45) is 11.8 Å². The third-order valence-electron chi connectivity index (χ3n) is 4.26. The fourth-order valence-electron chi connectivity index (χ4n) is 3.04. The van der Waals surface area contributed by atoms with Gasteiger partial charge in [0.2, 0.25) is 5.91 Å². The molecule has 2 rings (SSSR count). The minimum Gasteiger partial charge on any atom is -0.477 e. The van der Waals surface area contributed by atoms with Crippen LogP contribution in [0, 0.1) is 14.7 Å². The second-order valence-corrected chi connectivity index (χ2v) is 9.28. The Morgan fingerprint density at radius 3 is 2.41 bits per heavy atom. The van der Waals surface area contributed by atoms with Crippen molar-refractivity contribution in [3.05, 3.63) is 13.8 Å². The van der Waals surface area contributed by atoms with Gasteiger partial charge in [0.1, 0.15) is 4.88 Å². The molecule has 1 aliphatic carbocycles. The van der Waals surface area contributed by atoms with Crippen LogP contribution in [0.15, 0.2) is 6.07 Å². The van der Waals surface area contributed by atoms with Gasteiger partial charge in [-0.1, -0.05) is 6.92 Å². The van der Waals surface area contributed by atoms with Gasteiger partial charge in [0.25, 0.3) is 0 Å². The standard InChI is InChI=1S/C16H22INO3S/c1-9(2)18(12-8-13(17)22-14(12)16(20)21)15(19)11-6-4-10(3)5-7-11/h8-11H,4-7H2,1-3H3,(H,20,21)/t10-,11-. The molecule has 0 atom stereocenters. The van der Waals surface area contributed by atoms with Crippen LogP contribution in [0.1, 0.15) is 56.1 Å². The molecule has 0 unspecified atom stereocenters. The minimum absolute atomic E-state index is 0.0257.